The van der Waals surface area contributed by atoms with E-state index < -0.39 is 0 Å². The zero-order valence-corrected chi connectivity index (χ0v) is 18.9. The Morgan fingerprint density at radius 3 is 2.56 bits per heavy atom. The molecule has 4 aromatic rings. The molecule has 1 aliphatic heterocycles. The molecule has 0 saturated carbocycles. The Morgan fingerprint density at radius 2 is 1.81 bits per heavy atom. The fourth-order valence-corrected chi connectivity index (χ4v) is 4.91. The summed E-state index contributed by atoms with van der Waals surface area (Å²) in [5.41, 5.74) is 2.39. The molecule has 1 amide bonds. The van der Waals surface area contributed by atoms with Gasteiger partial charge in [0.2, 0.25) is 4.96 Å². The van der Waals surface area contributed by atoms with Gasteiger partial charge in [-0.2, -0.15) is 9.61 Å². The standard InChI is InChI=1S/C23H20ClN5O2S/c1-15-5-4-6-16(13-15)21-26-29-20(30)14-19(25-23(29)32-21)27-9-11-28(12-10-27)22(31)17-7-2-3-8-18(17)24/h2-8,13-14H,9-12H2,1H3. The van der Waals surface area contributed by atoms with Crippen LogP contribution >= 0.6 is 22.9 Å². The Balaban J connectivity index is 1.36. The highest BCUT2D eigenvalue weighted by atomic mass is 35.5. The number of aryl methyl sites for hydroxylation is 1. The van der Waals surface area contributed by atoms with Crippen molar-refractivity contribution in [3.8, 4) is 10.6 Å². The van der Waals surface area contributed by atoms with Crippen LogP contribution in [0.25, 0.3) is 15.5 Å². The van der Waals surface area contributed by atoms with Crippen molar-refractivity contribution in [3.05, 3.63) is 81.1 Å². The van der Waals surface area contributed by atoms with Crippen molar-refractivity contribution in [1.29, 1.82) is 0 Å². The summed E-state index contributed by atoms with van der Waals surface area (Å²) < 4.78 is 1.35. The summed E-state index contributed by atoms with van der Waals surface area (Å²) in [6, 6.07) is 16.6. The molecule has 2 aromatic carbocycles. The van der Waals surface area contributed by atoms with Gasteiger partial charge in [0.15, 0.2) is 0 Å². The number of fused-ring (bicyclic) bond motifs is 1. The first-order valence-electron chi connectivity index (χ1n) is 10.3. The molecule has 0 spiro atoms. The molecule has 9 heteroatoms. The first-order valence-corrected chi connectivity index (χ1v) is 11.5. The third kappa shape index (κ3) is 3.87. The average Bonchev–Trinajstić information content (AvgIpc) is 3.24. The summed E-state index contributed by atoms with van der Waals surface area (Å²) in [6.07, 6.45) is 0. The molecule has 162 valence electrons. The fraction of sp³-hybridized carbons (Fsp3) is 0.217. The predicted molar refractivity (Wildman–Crippen MR) is 127 cm³/mol. The molecule has 3 heterocycles. The summed E-state index contributed by atoms with van der Waals surface area (Å²) in [4.78, 5) is 34.6. The number of anilines is 1. The quantitative estimate of drug-likeness (QED) is 0.461. The van der Waals surface area contributed by atoms with Crippen LogP contribution in [0.5, 0.6) is 0 Å². The second-order valence-corrected chi connectivity index (χ2v) is 9.05. The summed E-state index contributed by atoms with van der Waals surface area (Å²) >= 11 is 7.57. The normalized spacial score (nSPS) is 14.2. The minimum atomic E-state index is -0.213. The van der Waals surface area contributed by atoms with E-state index in [-0.39, 0.29) is 11.5 Å². The lowest BCUT2D eigenvalue weighted by Crippen LogP contribution is -2.49. The van der Waals surface area contributed by atoms with Crippen molar-refractivity contribution in [2.45, 2.75) is 6.92 Å². The molecule has 1 fully saturated rings. The Bertz CT molecular complexity index is 1370. The zero-order valence-electron chi connectivity index (χ0n) is 17.4. The summed E-state index contributed by atoms with van der Waals surface area (Å²) in [7, 11) is 0. The molecule has 0 radical (unpaired) electrons. The lowest BCUT2D eigenvalue weighted by Gasteiger charge is -2.35. The van der Waals surface area contributed by atoms with Crippen molar-refractivity contribution in [3.63, 3.8) is 0 Å². The second kappa shape index (κ2) is 8.37. The van der Waals surface area contributed by atoms with Gasteiger partial charge in [0.1, 0.15) is 10.8 Å². The van der Waals surface area contributed by atoms with Crippen molar-refractivity contribution in [2.75, 3.05) is 31.1 Å². The molecule has 5 rings (SSSR count). The van der Waals surface area contributed by atoms with Crippen molar-refractivity contribution in [1.82, 2.24) is 19.5 Å². The number of nitrogens with zero attached hydrogens (tertiary/aromatic N) is 5. The molecular weight excluding hydrogens is 446 g/mol. The topological polar surface area (TPSA) is 70.8 Å². The van der Waals surface area contributed by atoms with Crippen LogP contribution in [0, 0.1) is 6.92 Å². The van der Waals surface area contributed by atoms with E-state index in [4.69, 9.17) is 16.6 Å². The predicted octanol–water partition coefficient (Wildman–Crippen LogP) is 3.74. The van der Waals surface area contributed by atoms with Crippen LogP contribution in [0.3, 0.4) is 0 Å². The number of carbonyl (C=O) groups is 1. The molecule has 32 heavy (non-hydrogen) atoms. The van der Waals surface area contributed by atoms with Gasteiger partial charge >= 0.3 is 0 Å². The monoisotopic (exact) mass is 465 g/mol. The molecule has 2 aromatic heterocycles. The molecule has 1 aliphatic rings. The van der Waals surface area contributed by atoms with Crippen LogP contribution in [0.1, 0.15) is 15.9 Å². The van der Waals surface area contributed by atoms with Gasteiger partial charge in [-0.05, 0) is 25.1 Å². The van der Waals surface area contributed by atoms with E-state index >= 15 is 0 Å². The maximum absolute atomic E-state index is 12.8. The lowest BCUT2D eigenvalue weighted by atomic mass is 10.1. The third-order valence-electron chi connectivity index (χ3n) is 5.49. The van der Waals surface area contributed by atoms with Gasteiger partial charge in [-0.3, -0.25) is 9.59 Å². The Kier molecular flexibility index (Phi) is 5.40. The summed E-state index contributed by atoms with van der Waals surface area (Å²) in [5.74, 6) is 0.531. The summed E-state index contributed by atoms with van der Waals surface area (Å²) in [6.45, 7) is 4.25. The van der Waals surface area contributed by atoms with Crippen LogP contribution in [-0.2, 0) is 0 Å². The van der Waals surface area contributed by atoms with Crippen LogP contribution in [0.4, 0.5) is 5.82 Å². The molecule has 0 atom stereocenters. The number of piperazine rings is 1. The Labute approximate surface area is 193 Å². The minimum absolute atomic E-state index is 0.0796. The Hall–Kier alpha value is -3.23. The molecule has 0 N–H and O–H groups in total. The maximum Gasteiger partial charge on any atom is 0.277 e. The number of hydrogen-bond acceptors (Lipinski definition) is 6. The Morgan fingerprint density at radius 1 is 1.03 bits per heavy atom. The average molecular weight is 466 g/mol. The highest BCUT2D eigenvalue weighted by molar-refractivity contribution is 7.19. The van der Waals surface area contributed by atoms with Gasteiger partial charge in [0.05, 0.1) is 10.6 Å². The molecular formula is C23H20ClN5O2S. The largest absolute Gasteiger partial charge is 0.353 e. The highest BCUT2D eigenvalue weighted by Crippen LogP contribution is 2.26. The molecule has 0 bridgehead atoms. The number of rotatable bonds is 3. The van der Waals surface area contributed by atoms with Gasteiger partial charge in [0, 0.05) is 37.8 Å². The van der Waals surface area contributed by atoms with Crippen LogP contribution < -0.4 is 10.5 Å². The van der Waals surface area contributed by atoms with E-state index in [0.29, 0.717) is 47.5 Å². The van der Waals surface area contributed by atoms with E-state index in [1.54, 1.807) is 23.1 Å². The smallest absolute Gasteiger partial charge is 0.277 e. The second-order valence-electron chi connectivity index (χ2n) is 7.68. The number of aromatic nitrogens is 3. The minimum Gasteiger partial charge on any atom is -0.353 e. The zero-order chi connectivity index (χ0) is 22.2. The molecule has 7 nitrogen and oxygen atoms in total. The van der Waals surface area contributed by atoms with Crippen molar-refractivity contribution >= 4 is 39.6 Å². The number of carbonyl (C=O) groups excluding carboxylic acids is 1. The highest BCUT2D eigenvalue weighted by Gasteiger charge is 2.25. The molecule has 0 unspecified atom stereocenters. The fourth-order valence-electron chi connectivity index (χ4n) is 3.80. The number of amides is 1. The van der Waals surface area contributed by atoms with E-state index in [2.05, 4.69) is 5.10 Å². The van der Waals surface area contributed by atoms with Gasteiger partial charge < -0.3 is 9.80 Å². The van der Waals surface area contributed by atoms with Crippen molar-refractivity contribution in [2.24, 2.45) is 0 Å². The first-order chi connectivity index (χ1) is 15.5. The SMILES string of the molecule is Cc1cccc(-c2nn3c(=O)cc(N4CCN(C(=O)c5ccccc5Cl)CC4)nc3s2)c1. The van der Waals surface area contributed by atoms with Gasteiger partial charge in [-0.15, -0.1) is 0 Å². The van der Waals surface area contributed by atoms with Gasteiger partial charge in [0.25, 0.3) is 11.5 Å². The number of hydrogen-bond donors (Lipinski definition) is 0. The van der Waals surface area contributed by atoms with Crippen LogP contribution in [-0.4, -0.2) is 51.6 Å². The van der Waals surface area contributed by atoms with E-state index in [1.807, 2.05) is 42.2 Å². The van der Waals surface area contributed by atoms with Crippen LogP contribution in [0.15, 0.2) is 59.4 Å². The maximum atomic E-state index is 12.8. The van der Waals surface area contributed by atoms with Gasteiger partial charge in [-0.1, -0.05) is 58.8 Å². The van der Waals surface area contributed by atoms with Crippen molar-refractivity contribution < 1.29 is 4.79 Å². The van der Waals surface area contributed by atoms with Gasteiger partial charge in [-0.25, -0.2) is 4.98 Å². The number of halogens is 1. The van der Waals surface area contributed by atoms with E-state index in [0.717, 1.165) is 16.1 Å². The first kappa shape index (κ1) is 20.7. The molecule has 1 saturated heterocycles. The lowest BCUT2D eigenvalue weighted by molar-refractivity contribution is 0.0746. The van der Waals surface area contributed by atoms with Crippen LogP contribution in [0.2, 0.25) is 5.02 Å². The number of benzene rings is 2. The third-order valence-corrected chi connectivity index (χ3v) is 6.78. The molecule has 0 aliphatic carbocycles. The summed E-state index contributed by atoms with van der Waals surface area (Å²) in [5, 5.41) is 5.67. The van der Waals surface area contributed by atoms with E-state index in [9.17, 15) is 9.59 Å². The van der Waals surface area contributed by atoms with E-state index in [1.165, 1.54) is 21.9 Å².